The van der Waals surface area contributed by atoms with Gasteiger partial charge in [-0.3, -0.25) is 10.1 Å². The first-order valence-electron chi connectivity index (χ1n) is 11.9. The third kappa shape index (κ3) is 5.86. The summed E-state index contributed by atoms with van der Waals surface area (Å²) in [6.45, 7) is 8.78. The van der Waals surface area contributed by atoms with Gasteiger partial charge in [0.1, 0.15) is 23.9 Å². The molecule has 3 aliphatic heterocycles. The van der Waals surface area contributed by atoms with Crippen LogP contribution in [0.25, 0.3) is 0 Å². The molecule has 12 heteroatoms. The molecule has 4 heterocycles. The molecule has 36 heavy (non-hydrogen) atoms. The summed E-state index contributed by atoms with van der Waals surface area (Å²) in [6, 6.07) is 1.96. The second-order valence-electron chi connectivity index (χ2n) is 9.40. The summed E-state index contributed by atoms with van der Waals surface area (Å²) >= 11 is 1.48. The fourth-order valence-electron chi connectivity index (χ4n) is 4.08. The lowest BCUT2D eigenvalue weighted by Crippen LogP contribution is -2.45. The Bertz CT molecular complexity index is 1130. The highest BCUT2D eigenvalue weighted by Crippen LogP contribution is 2.29. The number of aliphatic imine (C=N–C) groups is 1. The van der Waals surface area contributed by atoms with Gasteiger partial charge in [0.15, 0.2) is 0 Å². The average molecular weight is 517 g/mol. The molecule has 4 rings (SSSR count). The maximum atomic E-state index is 13.5. The summed E-state index contributed by atoms with van der Waals surface area (Å²) in [5.41, 5.74) is 0.922. The van der Waals surface area contributed by atoms with E-state index in [0.29, 0.717) is 29.4 Å². The van der Waals surface area contributed by atoms with Gasteiger partial charge in [0, 0.05) is 31.2 Å². The van der Waals surface area contributed by atoms with Crippen molar-refractivity contribution in [3.8, 4) is 0 Å². The van der Waals surface area contributed by atoms with Crippen molar-refractivity contribution >= 4 is 41.4 Å². The molecule has 0 aromatic carbocycles. The van der Waals surface area contributed by atoms with Gasteiger partial charge in [0.2, 0.25) is 0 Å². The minimum atomic E-state index is -0.706. The molecule has 0 aliphatic carbocycles. The molecule has 2 amide bonds. The molecule has 0 radical (unpaired) electrons. The van der Waals surface area contributed by atoms with Crippen LogP contribution in [0.5, 0.6) is 0 Å². The van der Waals surface area contributed by atoms with Crippen molar-refractivity contribution in [2.75, 3.05) is 44.0 Å². The zero-order valence-corrected chi connectivity index (χ0v) is 21.8. The van der Waals surface area contributed by atoms with Crippen molar-refractivity contribution < 1.29 is 23.9 Å². The maximum Gasteiger partial charge on any atom is 0.411 e. The third-order valence-electron chi connectivity index (χ3n) is 5.62. The van der Waals surface area contributed by atoms with Gasteiger partial charge in [-0.25, -0.2) is 14.6 Å². The zero-order chi connectivity index (χ0) is 25.9. The van der Waals surface area contributed by atoms with Crippen molar-refractivity contribution in [1.29, 1.82) is 0 Å². The van der Waals surface area contributed by atoms with Gasteiger partial charge in [-0.1, -0.05) is 0 Å². The van der Waals surface area contributed by atoms with Crippen LogP contribution in [-0.2, 0) is 19.1 Å². The quantitative estimate of drug-likeness (QED) is 0.521. The number of carbonyl (C=O) groups is 3. The Labute approximate surface area is 214 Å². The molecule has 0 saturated heterocycles. The van der Waals surface area contributed by atoms with E-state index in [1.54, 1.807) is 32.6 Å². The Hall–Kier alpha value is -3.41. The van der Waals surface area contributed by atoms with Crippen LogP contribution in [0.1, 0.15) is 39.7 Å². The summed E-state index contributed by atoms with van der Waals surface area (Å²) in [5, 5.41) is 5.87. The third-order valence-corrected chi connectivity index (χ3v) is 6.60. The SMILES string of the molecule is CCOC(=O)C1=C(NC(=O)OC(C)(C)C)CN(C(=O)C2=CN(C3=NCNc4[nH]ccc43)CCS2)CC1. The summed E-state index contributed by atoms with van der Waals surface area (Å²) < 4.78 is 10.5. The number of amides is 2. The van der Waals surface area contributed by atoms with Crippen molar-refractivity contribution in [3.05, 3.63) is 40.2 Å². The number of aromatic nitrogens is 1. The maximum absolute atomic E-state index is 13.5. The Morgan fingerprint density at radius 3 is 2.81 bits per heavy atom. The number of carbonyl (C=O) groups excluding carboxylic acids is 3. The van der Waals surface area contributed by atoms with Crippen LogP contribution in [0, 0.1) is 0 Å². The number of nitrogens with one attached hydrogen (secondary N) is 3. The number of hydrogen-bond acceptors (Lipinski definition) is 9. The van der Waals surface area contributed by atoms with E-state index in [1.807, 2.05) is 23.4 Å². The average Bonchev–Trinajstić information content (AvgIpc) is 3.31. The van der Waals surface area contributed by atoms with Gasteiger partial charge in [-0.15, -0.1) is 11.8 Å². The van der Waals surface area contributed by atoms with E-state index in [2.05, 4.69) is 20.6 Å². The number of esters is 1. The van der Waals surface area contributed by atoms with Crippen LogP contribution in [0.15, 0.2) is 39.6 Å². The Kier molecular flexibility index (Phi) is 7.62. The fourth-order valence-corrected chi connectivity index (χ4v) is 5.05. The summed E-state index contributed by atoms with van der Waals surface area (Å²) in [7, 11) is 0. The van der Waals surface area contributed by atoms with Crippen LogP contribution in [0.2, 0.25) is 0 Å². The van der Waals surface area contributed by atoms with Gasteiger partial charge < -0.3 is 29.6 Å². The first kappa shape index (κ1) is 25.7. The van der Waals surface area contributed by atoms with Crippen LogP contribution in [-0.4, -0.2) is 82.9 Å². The smallest absolute Gasteiger partial charge is 0.411 e. The van der Waals surface area contributed by atoms with E-state index >= 15 is 0 Å². The van der Waals surface area contributed by atoms with E-state index in [0.717, 1.165) is 29.5 Å². The van der Waals surface area contributed by atoms with E-state index in [-0.39, 0.29) is 25.5 Å². The summed E-state index contributed by atoms with van der Waals surface area (Å²) in [4.78, 5) is 50.5. The highest BCUT2D eigenvalue weighted by Gasteiger charge is 2.32. The molecule has 0 unspecified atom stereocenters. The van der Waals surface area contributed by atoms with Crippen LogP contribution >= 0.6 is 11.8 Å². The highest BCUT2D eigenvalue weighted by molar-refractivity contribution is 8.04. The summed E-state index contributed by atoms with van der Waals surface area (Å²) in [6.07, 6.45) is 3.27. The van der Waals surface area contributed by atoms with Crippen LogP contribution < -0.4 is 10.6 Å². The Morgan fingerprint density at radius 2 is 2.06 bits per heavy atom. The normalized spacial score (nSPS) is 18.0. The van der Waals surface area contributed by atoms with Gasteiger partial charge in [0.25, 0.3) is 5.91 Å². The Morgan fingerprint density at radius 1 is 1.25 bits per heavy atom. The molecule has 1 aromatic heterocycles. The number of anilines is 1. The lowest BCUT2D eigenvalue weighted by Gasteiger charge is -2.33. The highest BCUT2D eigenvalue weighted by atomic mass is 32.2. The number of thioether (sulfide) groups is 1. The molecule has 11 nitrogen and oxygen atoms in total. The van der Waals surface area contributed by atoms with E-state index in [4.69, 9.17) is 9.47 Å². The van der Waals surface area contributed by atoms with E-state index < -0.39 is 17.7 Å². The number of rotatable bonds is 4. The van der Waals surface area contributed by atoms with Crippen molar-refractivity contribution in [2.45, 2.75) is 39.7 Å². The number of aromatic amines is 1. The topological polar surface area (TPSA) is 128 Å². The molecular weight excluding hydrogens is 484 g/mol. The molecule has 0 bridgehead atoms. The monoisotopic (exact) mass is 516 g/mol. The van der Waals surface area contributed by atoms with Gasteiger partial charge in [0.05, 0.1) is 34.9 Å². The number of hydrogen-bond donors (Lipinski definition) is 3. The minimum absolute atomic E-state index is 0.0664. The van der Waals surface area contributed by atoms with Gasteiger partial charge in [-0.2, -0.15) is 0 Å². The number of fused-ring (bicyclic) bond motifs is 1. The predicted molar refractivity (Wildman–Crippen MR) is 137 cm³/mol. The second-order valence-corrected chi connectivity index (χ2v) is 10.5. The number of H-pyrrole nitrogens is 1. The molecule has 3 N–H and O–H groups in total. The van der Waals surface area contributed by atoms with Crippen LogP contribution in [0.3, 0.4) is 0 Å². The second kappa shape index (κ2) is 10.7. The lowest BCUT2D eigenvalue weighted by atomic mass is 10.0. The molecule has 1 aromatic rings. The molecular formula is C24H32N6O5S. The molecule has 0 fully saturated rings. The van der Waals surface area contributed by atoms with Crippen molar-refractivity contribution in [3.63, 3.8) is 0 Å². The number of nitrogens with zero attached hydrogens (tertiary/aromatic N) is 3. The fraction of sp³-hybridized carbons (Fsp3) is 0.500. The van der Waals surface area contributed by atoms with Crippen molar-refractivity contribution in [1.82, 2.24) is 20.1 Å². The first-order chi connectivity index (χ1) is 17.2. The van der Waals surface area contributed by atoms with Crippen LogP contribution in [0.4, 0.5) is 10.6 Å². The molecule has 3 aliphatic rings. The van der Waals surface area contributed by atoms with Gasteiger partial charge in [-0.05, 0) is 40.2 Å². The molecule has 0 atom stereocenters. The largest absolute Gasteiger partial charge is 0.463 e. The van der Waals surface area contributed by atoms with E-state index in [9.17, 15) is 14.4 Å². The standard InChI is InChI=1S/C24H32N6O5S/c1-5-34-22(32)15-7-9-30(12-17(15)28-23(33)35-24(2,3)4)21(31)18-13-29(10-11-36-18)20-16-6-8-25-19(16)26-14-27-20/h6,8,13,25-26H,5,7,9-12,14H2,1-4H3,(H,28,33). The Balaban J connectivity index is 1.52. The first-order valence-corrected chi connectivity index (χ1v) is 12.9. The number of ether oxygens (including phenoxy) is 2. The summed E-state index contributed by atoms with van der Waals surface area (Å²) in [5.74, 6) is 1.78. The molecule has 0 spiro atoms. The number of amidine groups is 1. The predicted octanol–water partition coefficient (Wildman–Crippen LogP) is 2.61. The number of alkyl carbamates (subject to hydrolysis) is 1. The minimum Gasteiger partial charge on any atom is -0.463 e. The molecule has 0 saturated carbocycles. The molecule has 194 valence electrons. The van der Waals surface area contributed by atoms with Crippen molar-refractivity contribution in [2.24, 2.45) is 4.99 Å². The van der Waals surface area contributed by atoms with E-state index in [1.165, 1.54) is 11.8 Å². The lowest BCUT2D eigenvalue weighted by molar-refractivity contribution is -0.139. The van der Waals surface area contributed by atoms with Gasteiger partial charge >= 0.3 is 12.1 Å². The zero-order valence-electron chi connectivity index (χ0n) is 21.0.